The third kappa shape index (κ3) is 7.51. The molecule has 2 heterocycles. The third-order valence-electron chi connectivity index (χ3n) is 9.16. The highest BCUT2D eigenvalue weighted by Gasteiger charge is 2.61. The number of carbonyl (C=O) groups excluding carboxylic acids is 4. The lowest BCUT2D eigenvalue weighted by Crippen LogP contribution is -2.58. The molecule has 3 fully saturated rings. The number of nitrogens with zero attached hydrogens (tertiary/aromatic N) is 2. The van der Waals surface area contributed by atoms with E-state index in [-0.39, 0.29) is 37.3 Å². The van der Waals surface area contributed by atoms with Crippen LogP contribution in [0.3, 0.4) is 0 Å². The van der Waals surface area contributed by atoms with Crippen LogP contribution in [-0.4, -0.2) is 76.2 Å². The van der Waals surface area contributed by atoms with Gasteiger partial charge in [-0.15, -0.1) is 0 Å². The molecule has 2 aromatic rings. The van der Waals surface area contributed by atoms with Gasteiger partial charge in [-0.3, -0.25) is 14.6 Å². The summed E-state index contributed by atoms with van der Waals surface area (Å²) in [6.45, 7) is 9.20. The molecule has 2 aliphatic carbocycles. The quantitative estimate of drug-likeness (QED) is 0.353. The number of likely N-dealkylation sites (tertiary alicyclic amines) is 1. The smallest absolute Gasteiger partial charge is 0.408 e. The number of fused-ring (bicyclic) bond motifs is 1. The predicted molar refractivity (Wildman–Crippen MR) is 172 cm³/mol. The van der Waals surface area contributed by atoms with Gasteiger partial charge < -0.3 is 29.7 Å². The molecule has 2 saturated carbocycles. The summed E-state index contributed by atoms with van der Waals surface area (Å²) in [7, 11) is 0. The van der Waals surface area contributed by atoms with Crippen molar-refractivity contribution in [2.75, 3.05) is 13.2 Å². The molecule has 0 spiro atoms. The topological polar surface area (TPSA) is 136 Å². The van der Waals surface area contributed by atoms with Crippen LogP contribution in [0.1, 0.15) is 79.6 Å². The average Bonchev–Trinajstić information content (AvgIpc) is 3.45. The second kappa shape index (κ2) is 13.6. The maximum atomic E-state index is 14.5. The number of benzene rings is 1. The van der Waals surface area contributed by atoms with Crippen molar-refractivity contribution < 1.29 is 33.4 Å². The minimum absolute atomic E-state index is 0.105. The van der Waals surface area contributed by atoms with Gasteiger partial charge in [0.2, 0.25) is 11.8 Å². The summed E-state index contributed by atoms with van der Waals surface area (Å²) in [5.41, 5.74) is -1.22. The monoisotopic (exact) mass is 656 g/mol. The van der Waals surface area contributed by atoms with Gasteiger partial charge in [-0.2, -0.15) is 0 Å². The Kier molecular flexibility index (Phi) is 10.0. The summed E-state index contributed by atoms with van der Waals surface area (Å²) in [5, 5.41) is 7.09. The minimum atomic E-state index is -1.13. The molecule has 2 N–H and O–H groups in total. The summed E-state index contributed by atoms with van der Waals surface area (Å²) in [5.74, 6) is -0.970. The molecule has 11 nitrogen and oxygen atoms in total. The van der Waals surface area contributed by atoms with Crippen LogP contribution < -0.4 is 15.4 Å². The number of hydrogen-bond donors (Lipinski definition) is 2. The molecule has 1 aromatic heterocycles. The Morgan fingerprint density at radius 2 is 1.85 bits per heavy atom. The third-order valence-corrected chi connectivity index (χ3v) is 9.40. The van der Waals surface area contributed by atoms with Crippen LogP contribution in [-0.2, 0) is 23.9 Å². The van der Waals surface area contributed by atoms with Crippen LogP contribution in [0, 0.1) is 11.8 Å². The van der Waals surface area contributed by atoms with Gasteiger partial charge in [0.1, 0.15) is 35.1 Å². The molecule has 0 radical (unpaired) electrons. The molecule has 1 aliphatic heterocycles. The van der Waals surface area contributed by atoms with Crippen molar-refractivity contribution in [3.8, 4) is 5.75 Å². The van der Waals surface area contributed by atoms with Gasteiger partial charge in [-0.25, -0.2) is 9.59 Å². The van der Waals surface area contributed by atoms with E-state index in [1.807, 2.05) is 13.0 Å². The number of esters is 1. The van der Waals surface area contributed by atoms with Crippen LogP contribution in [0.25, 0.3) is 10.9 Å². The largest absolute Gasteiger partial charge is 0.488 e. The Bertz CT molecular complexity index is 1470. The van der Waals surface area contributed by atoms with Gasteiger partial charge in [0.25, 0.3) is 0 Å². The first-order valence-corrected chi connectivity index (χ1v) is 16.7. The molecular weight excluding hydrogens is 612 g/mol. The predicted octanol–water partition coefficient (Wildman–Crippen LogP) is 5.17. The van der Waals surface area contributed by atoms with E-state index < -0.39 is 47.3 Å². The van der Waals surface area contributed by atoms with Crippen LogP contribution in [0.2, 0.25) is 5.02 Å². The fourth-order valence-electron chi connectivity index (χ4n) is 6.71. The van der Waals surface area contributed by atoms with E-state index in [1.165, 1.54) is 4.90 Å². The Morgan fingerprint density at radius 1 is 1.13 bits per heavy atom. The second-order valence-electron chi connectivity index (χ2n) is 13.8. The van der Waals surface area contributed by atoms with Gasteiger partial charge in [0.15, 0.2) is 0 Å². The normalized spacial score (nSPS) is 25.4. The lowest BCUT2D eigenvalue weighted by molar-refractivity contribution is -0.150. The summed E-state index contributed by atoms with van der Waals surface area (Å²) in [4.78, 5) is 60.3. The number of alkyl carbamates (subject to hydrolysis) is 1. The maximum absolute atomic E-state index is 14.5. The molecule has 0 bridgehead atoms. The van der Waals surface area contributed by atoms with E-state index in [9.17, 15) is 19.2 Å². The maximum Gasteiger partial charge on any atom is 0.408 e. The highest BCUT2D eigenvalue weighted by atomic mass is 35.5. The summed E-state index contributed by atoms with van der Waals surface area (Å²) in [6.07, 6.45) is 5.52. The lowest BCUT2D eigenvalue weighted by Gasteiger charge is -2.35. The number of rotatable bonds is 9. The van der Waals surface area contributed by atoms with E-state index in [2.05, 4.69) is 15.6 Å². The van der Waals surface area contributed by atoms with Crippen molar-refractivity contribution in [3.63, 3.8) is 0 Å². The van der Waals surface area contributed by atoms with Gasteiger partial charge in [-0.05, 0) is 83.1 Å². The van der Waals surface area contributed by atoms with Crippen molar-refractivity contribution in [1.82, 2.24) is 20.5 Å². The van der Waals surface area contributed by atoms with Gasteiger partial charge in [-0.1, -0.05) is 37.8 Å². The Balaban J connectivity index is 1.44. The van der Waals surface area contributed by atoms with E-state index in [1.54, 1.807) is 52.1 Å². The standard InChI is InChI=1S/C34H45ClN4O7/c1-6-44-31(42)34(18-20(34)2)38-29(40)26-17-23(45-27-14-15-36-25-16-22(35)12-13-24(25)27)19-39(26)30(41)28(21-10-8-7-9-11-21)37-32(43)46-33(3,4)5/h12-16,20-21,23,26,28H,6-11,17-19H2,1-5H3,(H,37,43)(H,38,40)/t20-,23+,26-,28-,34+/m0/s1. The fourth-order valence-corrected chi connectivity index (χ4v) is 6.88. The number of pyridine rings is 1. The molecule has 12 heteroatoms. The zero-order valence-electron chi connectivity index (χ0n) is 27.3. The Morgan fingerprint density at radius 3 is 2.50 bits per heavy atom. The summed E-state index contributed by atoms with van der Waals surface area (Å²) < 4.78 is 17.3. The first kappa shape index (κ1) is 33.8. The molecule has 1 saturated heterocycles. The number of aromatic nitrogens is 1. The van der Waals surface area contributed by atoms with Gasteiger partial charge in [0, 0.05) is 23.0 Å². The van der Waals surface area contributed by atoms with E-state index in [4.69, 9.17) is 25.8 Å². The molecule has 1 aromatic carbocycles. The number of amides is 3. The molecule has 5 rings (SSSR count). The highest BCUT2D eigenvalue weighted by molar-refractivity contribution is 6.31. The average molecular weight is 657 g/mol. The van der Waals surface area contributed by atoms with Crippen LogP contribution in [0.4, 0.5) is 4.79 Å². The lowest BCUT2D eigenvalue weighted by atomic mass is 9.83. The number of carbonyl (C=O) groups is 4. The van der Waals surface area contributed by atoms with E-state index in [0.717, 1.165) is 37.5 Å². The van der Waals surface area contributed by atoms with Gasteiger partial charge in [0.05, 0.1) is 18.7 Å². The first-order valence-electron chi connectivity index (χ1n) is 16.3. The van der Waals surface area contributed by atoms with Crippen molar-refractivity contribution in [3.05, 3.63) is 35.5 Å². The number of hydrogen-bond acceptors (Lipinski definition) is 8. The highest BCUT2D eigenvalue weighted by Crippen LogP contribution is 2.44. The number of nitrogens with one attached hydrogen (secondary N) is 2. The van der Waals surface area contributed by atoms with Crippen LogP contribution in [0.15, 0.2) is 30.5 Å². The molecule has 3 aliphatic rings. The van der Waals surface area contributed by atoms with Crippen molar-refractivity contribution in [2.24, 2.45) is 11.8 Å². The van der Waals surface area contributed by atoms with Gasteiger partial charge >= 0.3 is 12.1 Å². The van der Waals surface area contributed by atoms with Crippen molar-refractivity contribution >= 4 is 46.4 Å². The second-order valence-corrected chi connectivity index (χ2v) is 14.2. The zero-order valence-corrected chi connectivity index (χ0v) is 28.0. The fraction of sp³-hybridized carbons (Fsp3) is 0.618. The summed E-state index contributed by atoms with van der Waals surface area (Å²) in [6, 6.07) is 5.24. The molecule has 0 unspecified atom stereocenters. The van der Waals surface area contributed by atoms with Crippen molar-refractivity contribution in [2.45, 2.75) is 109 Å². The van der Waals surface area contributed by atoms with E-state index >= 15 is 0 Å². The molecular formula is C34H45ClN4O7. The molecule has 5 atom stereocenters. The van der Waals surface area contributed by atoms with E-state index in [0.29, 0.717) is 22.7 Å². The molecule has 3 amide bonds. The first-order chi connectivity index (χ1) is 21.8. The van der Waals surface area contributed by atoms with Crippen LogP contribution >= 0.6 is 11.6 Å². The van der Waals surface area contributed by atoms with Crippen LogP contribution in [0.5, 0.6) is 5.75 Å². The minimum Gasteiger partial charge on any atom is -0.488 e. The SMILES string of the molecule is CCOC(=O)[C@@]1(NC(=O)[C@@H]2C[C@@H](Oc3ccnc4cc(Cl)ccc34)CN2C(=O)[C@@H](NC(=O)OC(C)(C)C)C2CCCCC2)C[C@@H]1C. The molecule has 250 valence electrons. The summed E-state index contributed by atoms with van der Waals surface area (Å²) >= 11 is 6.18. The number of ether oxygens (including phenoxy) is 3. The van der Waals surface area contributed by atoms with Crippen molar-refractivity contribution in [1.29, 1.82) is 0 Å². The Labute approximate surface area is 275 Å². The zero-order chi connectivity index (χ0) is 33.2. The number of halogens is 1. The Hall–Kier alpha value is -3.60. The molecule has 46 heavy (non-hydrogen) atoms.